The molecule has 7 heteroatoms. The Morgan fingerprint density at radius 3 is 2.56 bits per heavy atom. The van der Waals surface area contributed by atoms with Gasteiger partial charge in [-0.3, -0.25) is 14.9 Å². The highest BCUT2D eigenvalue weighted by atomic mass is 32.2. The van der Waals surface area contributed by atoms with Gasteiger partial charge in [0.05, 0.1) is 4.92 Å². The predicted molar refractivity (Wildman–Crippen MR) is 67.7 cm³/mol. The maximum atomic E-state index is 11.1. The van der Waals surface area contributed by atoms with Gasteiger partial charge in [0, 0.05) is 6.07 Å². The van der Waals surface area contributed by atoms with Gasteiger partial charge in [0.25, 0.3) is 5.69 Å². The number of aromatic nitrogens is 1. The van der Waals surface area contributed by atoms with Gasteiger partial charge in [-0.1, -0.05) is 25.6 Å². The van der Waals surface area contributed by atoms with Gasteiger partial charge in [-0.15, -0.1) is 0 Å². The fraction of sp³-hybridized carbons (Fsp3) is 0.455. The van der Waals surface area contributed by atoms with E-state index in [9.17, 15) is 14.9 Å². The van der Waals surface area contributed by atoms with E-state index in [1.807, 2.05) is 13.8 Å². The first-order valence-electron chi connectivity index (χ1n) is 5.33. The van der Waals surface area contributed by atoms with E-state index >= 15 is 0 Å². The van der Waals surface area contributed by atoms with Gasteiger partial charge < -0.3 is 5.11 Å². The van der Waals surface area contributed by atoms with Crippen LogP contribution in [0, 0.1) is 23.0 Å². The Hall–Kier alpha value is -1.63. The lowest BCUT2D eigenvalue weighted by Crippen LogP contribution is -2.22. The molecule has 0 saturated heterocycles. The van der Waals surface area contributed by atoms with Crippen LogP contribution < -0.4 is 0 Å². The monoisotopic (exact) mass is 270 g/mol. The molecule has 1 heterocycles. The Kier molecular flexibility index (Phi) is 4.66. The number of aliphatic carboxylic acids is 1. The summed E-state index contributed by atoms with van der Waals surface area (Å²) in [4.78, 5) is 25.1. The number of hydrogen-bond donors (Lipinski definition) is 1. The summed E-state index contributed by atoms with van der Waals surface area (Å²) in [7, 11) is 0. The summed E-state index contributed by atoms with van der Waals surface area (Å²) in [5, 5.41) is 19.6. The topological polar surface area (TPSA) is 93.3 Å². The van der Waals surface area contributed by atoms with Crippen molar-refractivity contribution in [2.24, 2.45) is 5.92 Å². The highest BCUT2D eigenvalue weighted by Gasteiger charge is 2.24. The minimum absolute atomic E-state index is 0.0520. The van der Waals surface area contributed by atoms with E-state index < -0.39 is 16.1 Å². The average Bonchev–Trinajstić information content (AvgIpc) is 2.25. The number of hydrogen-bond acceptors (Lipinski definition) is 5. The molecule has 0 bridgehead atoms. The van der Waals surface area contributed by atoms with E-state index in [1.165, 1.54) is 6.07 Å². The summed E-state index contributed by atoms with van der Waals surface area (Å²) in [6.07, 6.45) is 1.15. The van der Waals surface area contributed by atoms with E-state index in [0.717, 1.165) is 18.0 Å². The first kappa shape index (κ1) is 14.4. The lowest BCUT2D eigenvalue weighted by atomic mass is 10.1. The van der Waals surface area contributed by atoms with Crippen molar-refractivity contribution in [1.82, 2.24) is 4.98 Å². The second kappa shape index (κ2) is 5.81. The molecule has 0 aliphatic rings. The quantitative estimate of drug-likeness (QED) is 0.502. The molecule has 98 valence electrons. The third-order valence-corrected chi connectivity index (χ3v) is 3.96. The molecule has 0 spiro atoms. The van der Waals surface area contributed by atoms with Crippen LogP contribution in [0.25, 0.3) is 0 Å². The van der Waals surface area contributed by atoms with Crippen LogP contribution in [-0.4, -0.2) is 26.2 Å². The molecule has 1 N–H and O–H groups in total. The van der Waals surface area contributed by atoms with Crippen LogP contribution in [0.2, 0.25) is 0 Å². The summed E-state index contributed by atoms with van der Waals surface area (Å²) in [6, 6.07) is 1.40. The van der Waals surface area contributed by atoms with Crippen molar-refractivity contribution in [3.05, 3.63) is 27.9 Å². The highest BCUT2D eigenvalue weighted by molar-refractivity contribution is 8.00. The molecule has 1 aromatic rings. The van der Waals surface area contributed by atoms with Gasteiger partial charge >= 0.3 is 5.97 Å². The minimum atomic E-state index is -0.908. The molecule has 1 unspecified atom stereocenters. The zero-order chi connectivity index (χ0) is 13.9. The van der Waals surface area contributed by atoms with Gasteiger partial charge in [0.2, 0.25) is 0 Å². The number of carboxylic acid groups (broad SMARTS) is 1. The van der Waals surface area contributed by atoms with Gasteiger partial charge in [0.15, 0.2) is 0 Å². The summed E-state index contributed by atoms with van der Waals surface area (Å²) < 4.78 is 0. The Labute approximate surface area is 109 Å². The van der Waals surface area contributed by atoms with E-state index in [0.29, 0.717) is 10.6 Å². The smallest absolute Gasteiger partial charge is 0.317 e. The Morgan fingerprint density at radius 2 is 2.17 bits per heavy atom. The van der Waals surface area contributed by atoms with E-state index in [2.05, 4.69) is 4.98 Å². The van der Waals surface area contributed by atoms with Crippen molar-refractivity contribution >= 4 is 23.4 Å². The van der Waals surface area contributed by atoms with E-state index in [4.69, 9.17) is 5.11 Å². The minimum Gasteiger partial charge on any atom is -0.480 e. The number of carbonyl (C=O) groups is 1. The molecule has 0 aliphatic carbocycles. The summed E-state index contributed by atoms with van der Waals surface area (Å²) in [5.74, 6) is -0.960. The van der Waals surface area contributed by atoms with Crippen LogP contribution in [0.4, 0.5) is 5.69 Å². The van der Waals surface area contributed by atoms with Gasteiger partial charge in [-0.2, -0.15) is 0 Å². The molecule has 0 aromatic carbocycles. The van der Waals surface area contributed by atoms with Crippen molar-refractivity contribution in [3.63, 3.8) is 0 Å². The normalized spacial score (nSPS) is 12.4. The molecule has 0 amide bonds. The molecule has 0 radical (unpaired) electrons. The Morgan fingerprint density at radius 1 is 1.56 bits per heavy atom. The second-order valence-electron chi connectivity index (χ2n) is 4.19. The van der Waals surface area contributed by atoms with Crippen LogP contribution >= 0.6 is 11.8 Å². The lowest BCUT2D eigenvalue weighted by molar-refractivity contribution is -0.385. The van der Waals surface area contributed by atoms with Crippen molar-refractivity contribution in [3.8, 4) is 0 Å². The van der Waals surface area contributed by atoms with Crippen LogP contribution in [0.1, 0.15) is 19.4 Å². The molecule has 0 fully saturated rings. The molecule has 0 aliphatic heterocycles. The summed E-state index contributed by atoms with van der Waals surface area (Å²) in [6.45, 7) is 5.31. The maximum Gasteiger partial charge on any atom is 0.317 e. The van der Waals surface area contributed by atoms with Crippen LogP contribution in [0.5, 0.6) is 0 Å². The van der Waals surface area contributed by atoms with E-state index in [1.54, 1.807) is 6.92 Å². The van der Waals surface area contributed by atoms with E-state index in [-0.39, 0.29) is 11.6 Å². The van der Waals surface area contributed by atoms with Crippen molar-refractivity contribution in [2.45, 2.75) is 31.0 Å². The summed E-state index contributed by atoms with van der Waals surface area (Å²) >= 11 is 1.12. The zero-order valence-electron chi connectivity index (χ0n) is 10.3. The zero-order valence-corrected chi connectivity index (χ0v) is 11.1. The molecule has 1 atom stereocenters. The number of aryl methyl sites for hydroxylation is 1. The summed E-state index contributed by atoms with van der Waals surface area (Å²) in [5.41, 5.74) is 0.523. The second-order valence-corrected chi connectivity index (χ2v) is 5.32. The fourth-order valence-corrected chi connectivity index (χ4v) is 2.33. The first-order valence-corrected chi connectivity index (χ1v) is 6.21. The average molecular weight is 270 g/mol. The maximum absolute atomic E-state index is 11.1. The third-order valence-electron chi connectivity index (χ3n) is 2.31. The van der Waals surface area contributed by atoms with Crippen molar-refractivity contribution in [1.29, 1.82) is 0 Å². The van der Waals surface area contributed by atoms with Crippen LogP contribution in [-0.2, 0) is 4.79 Å². The largest absolute Gasteiger partial charge is 0.480 e. The molecule has 0 saturated carbocycles. The van der Waals surface area contributed by atoms with Crippen molar-refractivity contribution in [2.75, 3.05) is 0 Å². The molecule has 18 heavy (non-hydrogen) atoms. The molecular formula is C11H14N2O4S. The van der Waals surface area contributed by atoms with Crippen LogP contribution in [0.15, 0.2) is 17.3 Å². The Balaban J connectivity index is 2.97. The molecule has 1 rings (SSSR count). The van der Waals surface area contributed by atoms with Gasteiger partial charge in [-0.25, -0.2) is 4.98 Å². The third kappa shape index (κ3) is 3.43. The van der Waals surface area contributed by atoms with Gasteiger partial charge in [0.1, 0.15) is 16.5 Å². The van der Waals surface area contributed by atoms with Gasteiger partial charge in [-0.05, 0) is 18.4 Å². The lowest BCUT2D eigenvalue weighted by Gasteiger charge is -2.15. The first-order chi connectivity index (χ1) is 8.32. The number of thioether (sulfide) groups is 1. The highest BCUT2D eigenvalue weighted by Crippen LogP contribution is 2.30. The number of rotatable bonds is 5. The molecular weight excluding hydrogens is 256 g/mol. The number of pyridine rings is 1. The number of nitro groups is 1. The standard InChI is InChI=1S/C11H14N2O4S/c1-6(2)9(11(14)15)18-10-7(3)4-8(5-12-10)13(16)17/h4-6,9H,1-3H3,(H,14,15). The predicted octanol–water partition coefficient (Wildman–Crippen LogP) is 2.50. The Bertz CT molecular complexity index is 476. The molecule has 6 nitrogen and oxygen atoms in total. The van der Waals surface area contributed by atoms with Crippen molar-refractivity contribution < 1.29 is 14.8 Å². The number of carboxylic acids is 1. The van der Waals surface area contributed by atoms with Crippen LogP contribution in [0.3, 0.4) is 0 Å². The number of nitrogens with zero attached hydrogens (tertiary/aromatic N) is 2. The SMILES string of the molecule is Cc1cc([N+](=O)[O-])cnc1SC(C(=O)O)C(C)C. The molecule has 1 aromatic heterocycles. The fourth-order valence-electron chi connectivity index (χ4n) is 1.36.